The van der Waals surface area contributed by atoms with E-state index in [0.717, 1.165) is 0 Å². The van der Waals surface area contributed by atoms with E-state index in [0.29, 0.717) is 17.5 Å². The third-order valence-corrected chi connectivity index (χ3v) is 4.87. The monoisotopic (exact) mass is 274 g/mol. The van der Waals surface area contributed by atoms with Crippen LogP contribution in [0, 0.1) is 5.41 Å². The Bertz CT molecular complexity index is 420. The molecule has 20 heavy (non-hydrogen) atoms. The molecular weight excluding hydrogens is 244 g/mol. The first-order valence-electron chi connectivity index (χ1n) is 7.93. The molecular formula is C18H30N2. The SMILES string of the molecule is CC(NC1CCCCC1(C)C)c1ccc(N(C)C)cc1. The average molecular weight is 274 g/mol. The zero-order chi connectivity index (χ0) is 14.8. The number of anilines is 1. The van der Waals surface area contributed by atoms with Crippen LogP contribution in [0.3, 0.4) is 0 Å². The Morgan fingerprint density at radius 2 is 1.80 bits per heavy atom. The van der Waals surface area contributed by atoms with Crippen molar-refractivity contribution in [3.63, 3.8) is 0 Å². The van der Waals surface area contributed by atoms with Crippen molar-refractivity contribution in [2.24, 2.45) is 5.41 Å². The maximum absolute atomic E-state index is 3.86. The van der Waals surface area contributed by atoms with Crippen LogP contribution in [0.1, 0.15) is 58.1 Å². The minimum atomic E-state index is 0.425. The van der Waals surface area contributed by atoms with E-state index < -0.39 is 0 Å². The molecule has 2 atom stereocenters. The summed E-state index contributed by atoms with van der Waals surface area (Å²) in [5.41, 5.74) is 3.08. The van der Waals surface area contributed by atoms with Crippen LogP contribution < -0.4 is 10.2 Å². The van der Waals surface area contributed by atoms with Crippen LogP contribution in [0.2, 0.25) is 0 Å². The predicted molar refractivity (Wildman–Crippen MR) is 88.4 cm³/mol. The molecule has 0 spiro atoms. The predicted octanol–water partition coefficient (Wildman–Crippen LogP) is 4.37. The Hall–Kier alpha value is -1.02. The van der Waals surface area contributed by atoms with Gasteiger partial charge in [-0.1, -0.05) is 38.8 Å². The molecule has 2 rings (SSSR count). The fourth-order valence-electron chi connectivity index (χ4n) is 3.26. The summed E-state index contributed by atoms with van der Waals surface area (Å²) in [6.45, 7) is 7.10. The Labute approximate surface area is 124 Å². The zero-order valence-corrected chi connectivity index (χ0v) is 13.7. The second kappa shape index (κ2) is 6.17. The van der Waals surface area contributed by atoms with E-state index >= 15 is 0 Å². The van der Waals surface area contributed by atoms with E-state index in [9.17, 15) is 0 Å². The second-order valence-corrected chi connectivity index (χ2v) is 7.16. The molecule has 1 N–H and O–H groups in total. The maximum atomic E-state index is 3.86. The minimum absolute atomic E-state index is 0.425. The summed E-state index contributed by atoms with van der Waals surface area (Å²) in [6, 6.07) is 9.98. The molecule has 2 unspecified atom stereocenters. The van der Waals surface area contributed by atoms with E-state index in [1.165, 1.54) is 36.9 Å². The summed E-state index contributed by atoms with van der Waals surface area (Å²) >= 11 is 0. The van der Waals surface area contributed by atoms with Gasteiger partial charge in [-0.25, -0.2) is 0 Å². The summed E-state index contributed by atoms with van der Waals surface area (Å²) in [6.07, 6.45) is 5.41. The topological polar surface area (TPSA) is 15.3 Å². The van der Waals surface area contributed by atoms with Gasteiger partial charge in [-0.3, -0.25) is 0 Å². The third kappa shape index (κ3) is 3.54. The molecule has 0 saturated heterocycles. The highest BCUT2D eigenvalue weighted by Gasteiger charge is 2.32. The van der Waals surface area contributed by atoms with Crippen LogP contribution in [0.4, 0.5) is 5.69 Å². The molecule has 112 valence electrons. The van der Waals surface area contributed by atoms with Gasteiger partial charge in [0, 0.05) is 31.9 Å². The molecule has 0 radical (unpaired) electrons. The summed E-state index contributed by atoms with van der Waals surface area (Å²) in [5, 5.41) is 3.86. The van der Waals surface area contributed by atoms with Gasteiger partial charge in [0.2, 0.25) is 0 Å². The van der Waals surface area contributed by atoms with Crippen LogP contribution in [0.15, 0.2) is 24.3 Å². The molecule has 0 aliphatic heterocycles. The summed E-state index contributed by atoms with van der Waals surface area (Å²) in [7, 11) is 4.17. The molecule has 1 saturated carbocycles. The highest BCUT2D eigenvalue weighted by Crippen LogP contribution is 2.36. The van der Waals surface area contributed by atoms with Crippen molar-refractivity contribution in [3.05, 3.63) is 29.8 Å². The highest BCUT2D eigenvalue weighted by molar-refractivity contribution is 5.46. The molecule has 0 heterocycles. The Morgan fingerprint density at radius 3 is 2.35 bits per heavy atom. The minimum Gasteiger partial charge on any atom is -0.378 e. The van der Waals surface area contributed by atoms with Crippen molar-refractivity contribution in [3.8, 4) is 0 Å². The van der Waals surface area contributed by atoms with Crippen molar-refractivity contribution in [1.82, 2.24) is 5.32 Å². The van der Waals surface area contributed by atoms with Crippen LogP contribution in [0.5, 0.6) is 0 Å². The van der Waals surface area contributed by atoms with Crippen LogP contribution in [-0.4, -0.2) is 20.1 Å². The Kier molecular flexibility index (Phi) is 4.74. The van der Waals surface area contributed by atoms with E-state index in [1.54, 1.807) is 0 Å². The summed E-state index contributed by atoms with van der Waals surface area (Å²) in [4.78, 5) is 2.14. The van der Waals surface area contributed by atoms with Gasteiger partial charge in [0.05, 0.1) is 0 Å². The van der Waals surface area contributed by atoms with Crippen molar-refractivity contribution in [1.29, 1.82) is 0 Å². The van der Waals surface area contributed by atoms with Crippen molar-refractivity contribution < 1.29 is 0 Å². The van der Waals surface area contributed by atoms with E-state index in [1.807, 2.05) is 0 Å². The molecule has 2 heteroatoms. The summed E-state index contributed by atoms with van der Waals surface area (Å²) in [5.74, 6) is 0. The maximum Gasteiger partial charge on any atom is 0.0361 e. The van der Waals surface area contributed by atoms with Crippen LogP contribution in [0.25, 0.3) is 0 Å². The lowest BCUT2D eigenvalue weighted by molar-refractivity contribution is 0.157. The number of hydrogen-bond acceptors (Lipinski definition) is 2. The standard InChI is InChI=1S/C18H30N2/c1-14(15-9-11-16(12-10-15)20(4)5)19-17-8-6-7-13-18(17,2)3/h9-12,14,17,19H,6-8,13H2,1-5H3. The molecule has 1 aliphatic rings. The number of nitrogens with zero attached hydrogens (tertiary/aromatic N) is 1. The van der Waals surface area contributed by atoms with Gasteiger partial charge in [0.15, 0.2) is 0 Å². The molecule has 1 aromatic carbocycles. The lowest BCUT2D eigenvalue weighted by Crippen LogP contribution is -2.45. The van der Waals surface area contributed by atoms with Crippen LogP contribution in [-0.2, 0) is 0 Å². The fraction of sp³-hybridized carbons (Fsp3) is 0.667. The molecule has 0 aromatic heterocycles. The van der Waals surface area contributed by atoms with E-state index in [4.69, 9.17) is 0 Å². The number of rotatable bonds is 4. The van der Waals surface area contributed by atoms with Crippen molar-refractivity contribution >= 4 is 5.69 Å². The molecule has 2 nitrogen and oxygen atoms in total. The van der Waals surface area contributed by atoms with Crippen LogP contribution >= 0.6 is 0 Å². The van der Waals surface area contributed by atoms with Gasteiger partial charge in [-0.15, -0.1) is 0 Å². The molecule has 1 aromatic rings. The van der Waals surface area contributed by atoms with Gasteiger partial charge >= 0.3 is 0 Å². The first kappa shape index (κ1) is 15.4. The van der Waals surface area contributed by atoms with Gasteiger partial charge < -0.3 is 10.2 Å². The second-order valence-electron chi connectivity index (χ2n) is 7.16. The quantitative estimate of drug-likeness (QED) is 0.877. The Morgan fingerprint density at radius 1 is 1.15 bits per heavy atom. The zero-order valence-electron chi connectivity index (χ0n) is 13.7. The molecule has 0 amide bonds. The molecule has 0 bridgehead atoms. The van der Waals surface area contributed by atoms with Gasteiger partial charge in [0.1, 0.15) is 0 Å². The molecule has 1 fully saturated rings. The lowest BCUT2D eigenvalue weighted by atomic mass is 9.73. The average Bonchev–Trinajstić information content (AvgIpc) is 2.41. The highest BCUT2D eigenvalue weighted by atomic mass is 15.1. The number of benzene rings is 1. The normalized spacial score (nSPS) is 23.4. The van der Waals surface area contributed by atoms with Crippen molar-refractivity contribution in [2.75, 3.05) is 19.0 Å². The lowest BCUT2D eigenvalue weighted by Gasteiger charge is -2.41. The fourth-order valence-corrected chi connectivity index (χ4v) is 3.26. The number of hydrogen-bond donors (Lipinski definition) is 1. The first-order valence-corrected chi connectivity index (χ1v) is 7.93. The van der Waals surface area contributed by atoms with E-state index in [2.05, 4.69) is 69.3 Å². The van der Waals surface area contributed by atoms with Gasteiger partial charge in [-0.2, -0.15) is 0 Å². The Balaban J connectivity index is 2.02. The summed E-state index contributed by atoms with van der Waals surface area (Å²) < 4.78 is 0. The number of nitrogens with one attached hydrogen (secondary N) is 1. The first-order chi connectivity index (χ1) is 9.40. The van der Waals surface area contributed by atoms with Gasteiger partial charge in [-0.05, 0) is 42.9 Å². The van der Waals surface area contributed by atoms with Gasteiger partial charge in [0.25, 0.3) is 0 Å². The largest absolute Gasteiger partial charge is 0.378 e. The third-order valence-electron chi connectivity index (χ3n) is 4.87. The van der Waals surface area contributed by atoms with E-state index in [-0.39, 0.29) is 0 Å². The van der Waals surface area contributed by atoms with Crippen molar-refractivity contribution in [2.45, 2.75) is 58.5 Å². The molecule has 1 aliphatic carbocycles. The smallest absolute Gasteiger partial charge is 0.0361 e.